The van der Waals surface area contributed by atoms with Gasteiger partial charge in [0.05, 0.1) is 5.56 Å². The fourth-order valence-corrected chi connectivity index (χ4v) is 0.850. The Balaban J connectivity index is 2.54. The van der Waals surface area contributed by atoms with Gasteiger partial charge in [0.2, 0.25) is 0 Å². The van der Waals surface area contributed by atoms with Crippen molar-refractivity contribution in [3.05, 3.63) is 24.3 Å². The molecule has 1 rings (SSSR count). The Morgan fingerprint density at radius 3 is 2.67 bits per heavy atom. The number of nitrogens with two attached hydrogens (primary N) is 1. The van der Waals surface area contributed by atoms with Crippen molar-refractivity contribution < 1.29 is 4.79 Å². The molecule has 1 aromatic heterocycles. The number of hydrogen-bond acceptors (Lipinski definition) is 4. The summed E-state index contributed by atoms with van der Waals surface area (Å²) in [6.07, 6.45) is 5.63. The van der Waals surface area contributed by atoms with Gasteiger partial charge in [-0.25, -0.2) is 9.97 Å². The van der Waals surface area contributed by atoms with Gasteiger partial charge < -0.3 is 5.73 Å². The van der Waals surface area contributed by atoms with Crippen LogP contribution in [0.2, 0.25) is 0 Å². The van der Waals surface area contributed by atoms with E-state index >= 15 is 0 Å². The minimum atomic E-state index is 0.0565. The molecule has 0 saturated heterocycles. The van der Waals surface area contributed by atoms with Crippen molar-refractivity contribution in [2.45, 2.75) is 12.8 Å². The van der Waals surface area contributed by atoms with E-state index in [4.69, 9.17) is 5.73 Å². The highest BCUT2D eigenvalue weighted by molar-refractivity contribution is 5.95. The van der Waals surface area contributed by atoms with Crippen LogP contribution in [0.15, 0.2) is 18.7 Å². The summed E-state index contributed by atoms with van der Waals surface area (Å²) in [6.45, 7) is 0.541. The summed E-state index contributed by atoms with van der Waals surface area (Å²) in [6, 6.07) is 0. The van der Waals surface area contributed by atoms with E-state index in [9.17, 15) is 4.79 Å². The van der Waals surface area contributed by atoms with Crippen LogP contribution in [0.1, 0.15) is 23.2 Å². The van der Waals surface area contributed by atoms with Gasteiger partial charge >= 0.3 is 0 Å². The molecule has 0 unspecified atom stereocenters. The van der Waals surface area contributed by atoms with Gasteiger partial charge in [-0.1, -0.05) is 0 Å². The second kappa shape index (κ2) is 4.56. The first kappa shape index (κ1) is 8.80. The molecule has 1 heterocycles. The summed E-state index contributed by atoms with van der Waals surface area (Å²) < 4.78 is 0. The van der Waals surface area contributed by atoms with Crippen molar-refractivity contribution in [2.24, 2.45) is 5.73 Å². The molecule has 0 aliphatic rings. The maximum Gasteiger partial charge on any atom is 0.166 e. The molecule has 0 fully saturated rings. The molecule has 0 aliphatic heterocycles. The van der Waals surface area contributed by atoms with Gasteiger partial charge in [-0.2, -0.15) is 0 Å². The predicted octanol–water partition coefficient (Wildman–Crippen LogP) is 0.398. The largest absolute Gasteiger partial charge is 0.330 e. The van der Waals surface area contributed by atoms with Gasteiger partial charge in [-0.3, -0.25) is 4.79 Å². The van der Waals surface area contributed by atoms with Gasteiger partial charge in [-0.15, -0.1) is 0 Å². The molecule has 0 aliphatic carbocycles. The first-order chi connectivity index (χ1) is 5.84. The zero-order valence-corrected chi connectivity index (χ0v) is 6.73. The molecule has 0 amide bonds. The van der Waals surface area contributed by atoms with Crippen LogP contribution < -0.4 is 5.73 Å². The van der Waals surface area contributed by atoms with Gasteiger partial charge in [0.1, 0.15) is 6.33 Å². The zero-order valence-electron chi connectivity index (χ0n) is 6.73. The van der Waals surface area contributed by atoms with Gasteiger partial charge in [0, 0.05) is 18.8 Å². The van der Waals surface area contributed by atoms with Crippen LogP contribution in [-0.2, 0) is 0 Å². The number of nitrogens with zero attached hydrogens (tertiary/aromatic N) is 2. The Bertz CT molecular complexity index is 248. The SMILES string of the molecule is NCCCC(=O)c1cncnc1. The number of carbonyl (C=O) groups excluding carboxylic acids is 1. The fraction of sp³-hybridized carbons (Fsp3) is 0.375. The van der Waals surface area contributed by atoms with Crippen LogP contribution in [0.3, 0.4) is 0 Å². The Morgan fingerprint density at radius 1 is 1.42 bits per heavy atom. The molecule has 1 aromatic rings. The van der Waals surface area contributed by atoms with E-state index in [1.54, 1.807) is 0 Å². The van der Waals surface area contributed by atoms with E-state index in [0.29, 0.717) is 24.9 Å². The number of ketones is 1. The maximum atomic E-state index is 11.3. The van der Waals surface area contributed by atoms with Crippen LogP contribution in [-0.4, -0.2) is 22.3 Å². The van der Waals surface area contributed by atoms with E-state index in [1.807, 2.05) is 0 Å². The molecule has 12 heavy (non-hydrogen) atoms. The first-order valence-electron chi connectivity index (χ1n) is 3.83. The topological polar surface area (TPSA) is 68.9 Å². The third-order valence-electron chi connectivity index (χ3n) is 1.49. The quantitative estimate of drug-likeness (QED) is 0.655. The molecular weight excluding hydrogens is 154 g/mol. The molecule has 4 nitrogen and oxygen atoms in total. The smallest absolute Gasteiger partial charge is 0.166 e. The highest BCUT2D eigenvalue weighted by Gasteiger charge is 2.03. The van der Waals surface area contributed by atoms with Crippen LogP contribution in [0.25, 0.3) is 0 Å². The lowest BCUT2D eigenvalue weighted by Gasteiger charge is -1.96. The molecule has 0 radical (unpaired) electrons. The Hall–Kier alpha value is -1.29. The predicted molar refractivity (Wildman–Crippen MR) is 44.7 cm³/mol. The normalized spacial score (nSPS) is 9.75. The van der Waals surface area contributed by atoms with Crippen molar-refractivity contribution in [2.75, 3.05) is 6.54 Å². The van der Waals surface area contributed by atoms with E-state index in [1.165, 1.54) is 18.7 Å². The number of Topliss-reactive ketones (excluding diaryl/α,β-unsaturated/α-hetero) is 1. The molecular formula is C8H11N3O. The second-order valence-electron chi connectivity index (χ2n) is 2.44. The number of aromatic nitrogens is 2. The summed E-state index contributed by atoms with van der Waals surface area (Å²) in [4.78, 5) is 18.8. The molecule has 0 bridgehead atoms. The minimum Gasteiger partial charge on any atom is -0.330 e. The monoisotopic (exact) mass is 165 g/mol. The molecule has 0 aromatic carbocycles. The summed E-state index contributed by atoms with van der Waals surface area (Å²) >= 11 is 0. The number of carbonyl (C=O) groups is 1. The molecule has 2 N–H and O–H groups in total. The van der Waals surface area contributed by atoms with Crippen LogP contribution >= 0.6 is 0 Å². The van der Waals surface area contributed by atoms with Crippen molar-refractivity contribution in [1.29, 1.82) is 0 Å². The zero-order chi connectivity index (χ0) is 8.81. The summed E-state index contributed by atoms with van der Waals surface area (Å²) in [5.74, 6) is 0.0565. The van der Waals surface area contributed by atoms with Gasteiger partial charge in [0.15, 0.2) is 5.78 Å². The van der Waals surface area contributed by atoms with Crippen LogP contribution in [0.5, 0.6) is 0 Å². The highest BCUT2D eigenvalue weighted by Crippen LogP contribution is 2.00. The van der Waals surface area contributed by atoms with Crippen molar-refractivity contribution in [3.63, 3.8) is 0 Å². The number of rotatable bonds is 4. The maximum absolute atomic E-state index is 11.3. The van der Waals surface area contributed by atoms with E-state index in [2.05, 4.69) is 9.97 Å². The summed E-state index contributed by atoms with van der Waals surface area (Å²) in [5, 5.41) is 0. The fourth-order valence-electron chi connectivity index (χ4n) is 0.850. The van der Waals surface area contributed by atoms with Gasteiger partial charge in [0.25, 0.3) is 0 Å². The molecule has 64 valence electrons. The Morgan fingerprint density at radius 2 is 2.08 bits per heavy atom. The van der Waals surface area contributed by atoms with Crippen molar-refractivity contribution in [1.82, 2.24) is 9.97 Å². The average molecular weight is 165 g/mol. The second-order valence-corrected chi connectivity index (χ2v) is 2.44. The van der Waals surface area contributed by atoms with E-state index in [0.717, 1.165) is 0 Å². The van der Waals surface area contributed by atoms with Crippen molar-refractivity contribution in [3.8, 4) is 0 Å². The molecule has 4 heteroatoms. The van der Waals surface area contributed by atoms with Gasteiger partial charge in [-0.05, 0) is 13.0 Å². The third-order valence-corrected chi connectivity index (χ3v) is 1.49. The van der Waals surface area contributed by atoms with Crippen LogP contribution in [0.4, 0.5) is 0 Å². The van der Waals surface area contributed by atoms with Crippen molar-refractivity contribution >= 4 is 5.78 Å². The summed E-state index contributed by atoms with van der Waals surface area (Å²) in [5.41, 5.74) is 5.83. The summed E-state index contributed by atoms with van der Waals surface area (Å²) in [7, 11) is 0. The van der Waals surface area contributed by atoms with Crippen LogP contribution in [0, 0.1) is 0 Å². The van der Waals surface area contributed by atoms with E-state index in [-0.39, 0.29) is 5.78 Å². The first-order valence-corrected chi connectivity index (χ1v) is 3.83. The molecule has 0 saturated carbocycles. The lowest BCUT2D eigenvalue weighted by atomic mass is 10.1. The lowest BCUT2D eigenvalue weighted by Crippen LogP contribution is -2.05. The molecule has 0 spiro atoms. The standard InChI is InChI=1S/C8H11N3O/c9-3-1-2-8(12)7-4-10-6-11-5-7/h4-6H,1-3,9H2. The highest BCUT2D eigenvalue weighted by atomic mass is 16.1. The lowest BCUT2D eigenvalue weighted by molar-refractivity contribution is 0.0980. The molecule has 0 atom stereocenters. The number of hydrogen-bond donors (Lipinski definition) is 1. The van der Waals surface area contributed by atoms with E-state index < -0.39 is 0 Å². The third kappa shape index (κ3) is 2.39. The Labute approximate surface area is 70.8 Å². The Kier molecular flexibility index (Phi) is 3.35. The average Bonchev–Trinajstić information content (AvgIpc) is 2.15. The minimum absolute atomic E-state index is 0.0565.